The standard InChI is InChI=1S/C15H13ClN4/c1-20(2)11-5-3-4-10(8-11)12-6-7-13-14(17-12)9-15(16)19-18-13/h3-9H,1-2H3. The molecule has 4 nitrogen and oxygen atoms in total. The highest BCUT2D eigenvalue weighted by Crippen LogP contribution is 2.24. The smallest absolute Gasteiger partial charge is 0.153 e. The van der Waals surface area contributed by atoms with E-state index in [4.69, 9.17) is 11.6 Å². The van der Waals surface area contributed by atoms with Gasteiger partial charge in [-0.05, 0) is 24.3 Å². The first-order valence-corrected chi connectivity index (χ1v) is 6.59. The Bertz CT molecular complexity index is 771. The van der Waals surface area contributed by atoms with Crippen LogP contribution in [-0.4, -0.2) is 29.3 Å². The summed E-state index contributed by atoms with van der Waals surface area (Å²) in [6.07, 6.45) is 0. The van der Waals surface area contributed by atoms with Gasteiger partial charge in [-0.2, -0.15) is 0 Å². The van der Waals surface area contributed by atoms with Gasteiger partial charge in [0.2, 0.25) is 0 Å². The maximum Gasteiger partial charge on any atom is 0.153 e. The molecule has 0 amide bonds. The van der Waals surface area contributed by atoms with Crippen molar-refractivity contribution in [3.63, 3.8) is 0 Å². The normalized spacial score (nSPS) is 10.8. The average Bonchev–Trinajstić information content (AvgIpc) is 2.46. The zero-order valence-electron chi connectivity index (χ0n) is 11.2. The Morgan fingerprint density at radius 1 is 0.950 bits per heavy atom. The van der Waals surface area contributed by atoms with Gasteiger partial charge in [-0.1, -0.05) is 23.7 Å². The first kappa shape index (κ1) is 12.8. The van der Waals surface area contributed by atoms with Crippen LogP contribution in [0.25, 0.3) is 22.3 Å². The third kappa shape index (κ3) is 2.42. The van der Waals surface area contributed by atoms with Gasteiger partial charge in [0.15, 0.2) is 5.15 Å². The predicted octanol–water partition coefficient (Wildman–Crippen LogP) is 3.41. The summed E-state index contributed by atoms with van der Waals surface area (Å²) in [5.74, 6) is 0. The average molecular weight is 285 g/mol. The molecule has 2 heterocycles. The largest absolute Gasteiger partial charge is 0.378 e. The van der Waals surface area contributed by atoms with E-state index in [0.29, 0.717) is 5.15 Å². The molecule has 0 bridgehead atoms. The molecule has 2 aromatic heterocycles. The second-order valence-corrected chi connectivity index (χ2v) is 5.10. The molecule has 0 unspecified atom stereocenters. The number of halogens is 1. The molecule has 3 rings (SSSR count). The second kappa shape index (κ2) is 5.06. The lowest BCUT2D eigenvalue weighted by Gasteiger charge is -2.13. The second-order valence-electron chi connectivity index (χ2n) is 4.71. The van der Waals surface area contributed by atoms with Gasteiger partial charge in [-0.15, -0.1) is 10.2 Å². The maximum atomic E-state index is 5.86. The van der Waals surface area contributed by atoms with E-state index < -0.39 is 0 Å². The Kier molecular flexibility index (Phi) is 3.24. The van der Waals surface area contributed by atoms with Crippen molar-refractivity contribution in [2.75, 3.05) is 19.0 Å². The molecule has 0 aliphatic heterocycles. The van der Waals surface area contributed by atoms with Crippen molar-refractivity contribution in [2.24, 2.45) is 0 Å². The fourth-order valence-corrected chi connectivity index (χ4v) is 2.15. The molecule has 100 valence electrons. The lowest BCUT2D eigenvalue weighted by Crippen LogP contribution is -2.08. The fraction of sp³-hybridized carbons (Fsp3) is 0.133. The summed E-state index contributed by atoms with van der Waals surface area (Å²) in [4.78, 5) is 6.66. The minimum absolute atomic E-state index is 0.351. The Morgan fingerprint density at radius 3 is 2.60 bits per heavy atom. The number of anilines is 1. The first-order chi connectivity index (χ1) is 9.63. The summed E-state index contributed by atoms with van der Waals surface area (Å²) in [6, 6.07) is 13.8. The molecule has 0 aliphatic carbocycles. The van der Waals surface area contributed by atoms with E-state index in [1.807, 2.05) is 38.4 Å². The number of hydrogen-bond acceptors (Lipinski definition) is 4. The van der Waals surface area contributed by atoms with Crippen LogP contribution in [0.2, 0.25) is 5.15 Å². The van der Waals surface area contributed by atoms with Crippen molar-refractivity contribution < 1.29 is 0 Å². The Balaban J connectivity index is 2.12. The van der Waals surface area contributed by atoms with Crippen molar-refractivity contribution in [2.45, 2.75) is 0 Å². The molecule has 20 heavy (non-hydrogen) atoms. The van der Waals surface area contributed by atoms with Crippen LogP contribution in [-0.2, 0) is 0 Å². The van der Waals surface area contributed by atoms with Crippen molar-refractivity contribution in [3.8, 4) is 11.3 Å². The summed E-state index contributed by atoms with van der Waals surface area (Å²) in [5.41, 5.74) is 4.58. The summed E-state index contributed by atoms with van der Waals surface area (Å²) in [7, 11) is 4.03. The van der Waals surface area contributed by atoms with E-state index in [0.717, 1.165) is 28.0 Å². The van der Waals surface area contributed by atoms with Gasteiger partial charge in [-0.3, -0.25) is 0 Å². The van der Waals surface area contributed by atoms with E-state index >= 15 is 0 Å². The summed E-state index contributed by atoms with van der Waals surface area (Å²) in [6.45, 7) is 0. The molecule has 0 N–H and O–H groups in total. The molecular weight excluding hydrogens is 272 g/mol. The molecule has 0 fully saturated rings. The van der Waals surface area contributed by atoms with Crippen LogP contribution in [0.3, 0.4) is 0 Å². The maximum absolute atomic E-state index is 5.86. The zero-order chi connectivity index (χ0) is 14.1. The molecular formula is C15H13ClN4. The highest BCUT2D eigenvalue weighted by Gasteiger charge is 2.05. The first-order valence-electron chi connectivity index (χ1n) is 6.21. The number of fused-ring (bicyclic) bond motifs is 1. The number of aromatic nitrogens is 3. The van der Waals surface area contributed by atoms with E-state index in [1.54, 1.807) is 6.07 Å². The summed E-state index contributed by atoms with van der Waals surface area (Å²) < 4.78 is 0. The molecule has 0 saturated carbocycles. The van der Waals surface area contributed by atoms with Gasteiger partial charge in [0.25, 0.3) is 0 Å². The van der Waals surface area contributed by atoms with Crippen molar-refractivity contribution >= 4 is 28.3 Å². The van der Waals surface area contributed by atoms with Crippen LogP contribution in [0, 0.1) is 0 Å². The molecule has 5 heteroatoms. The Labute approximate surface area is 122 Å². The fourth-order valence-electron chi connectivity index (χ4n) is 2.01. The van der Waals surface area contributed by atoms with E-state index in [1.165, 1.54) is 0 Å². The molecule has 1 aromatic carbocycles. The summed E-state index contributed by atoms with van der Waals surface area (Å²) in [5, 5.41) is 8.18. The van der Waals surface area contributed by atoms with Crippen LogP contribution in [0.5, 0.6) is 0 Å². The highest BCUT2D eigenvalue weighted by molar-refractivity contribution is 6.29. The lowest BCUT2D eigenvalue weighted by atomic mass is 10.1. The minimum atomic E-state index is 0.351. The van der Waals surface area contributed by atoms with Crippen molar-refractivity contribution in [3.05, 3.63) is 47.6 Å². The number of pyridine rings is 1. The topological polar surface area (TPSA) is 41.9 Å². The van der Waals surface area contributed by atoms with Gasteiger partial charge >= 0.3 is 0 Å². The molecule has 0 aliphatic rings. The molecule has 0 saturated heterocycles. The number of rotatable bonds is 2. The Hall–Kier alpha value is -2.20. The van der Waals surface area contributed by atoms with Crippen LogP contribution < -0.4 is 4.90 Å². The Morgan fingerprint density at radius 2 is 1.80 bits per heavy atom. The lowest BCUT2D eigenvalue weighted by molar-refractivity contribution is 1.07. The predicted molar refractivity (Wildman–Crippen MR) is 82.1 cm³/mol. The van der Waals surface area contributed by atoms with E-state index in [2.05, 4.69) is 32.2 Å². The van der Waals surface area contributed by atoms with E-state index in [9.17, 15) is 0 Å². The molecule has 0 spiro atoms. The van der Waals surface area contributed by atoms with E-state index in [-0.39, 0.29) is 0 Å². The monoisotopic (exact) mass is 284 g/mol. The molecule has 3 aromatic rings. The summed E-state index contributed by atoms with van der Waals surface area (Å²) >= 11 is 5.86. The van der Waals surface area contributed by atoms with Crippen molar-refractivity contribution in [1.82, 2.24) is 15.2 Å². The minimum Gasteiger partial charge on any atom is -0.378 e. The SMILES string of the molecule is CN(C)c1cccc(-c2ccc3nnc(Cl)cc3n2)c1. The quantitative estimate of drug-likeness (QED) is 0.723. The highest BCUT2D eigenvalue weighted by atomic mass is 35.5. The number of benzene rings is 1. The van der Waals surface area contributed by atoms with Gasteiger partial charge < -0.3 is 4.90 Å². The zero-order valence-corrected chi connectivity index (χ0v) is 12.0. The van der Waals surface area contributed by atoms with Crippen molar-refractivity contribution in [1.29, 1.82) is 0 Å². The van der Waals surface area contributed by atoms with Crippen LogP contribution in [0.1, 0.15) is 0 Å². The molecule has 0 radical (unpaired) electrons. The van der Waals surface area contributed by atoms with Crippen LogP contribution in [0.15, 0.2) is 42.5 Å². The van der Waals surface area contributed by atoms with Gasteiger partial charge in [0.1, 0.15) is 5.52 Å². The third-order valence-electron chi connectivity index (χ3n) is 3.07. The van der Waals surface area contributed by atoms with Gasteiger partial charge in [0, 0.05) is 31.4 Å². The van der Waals surface area contributed by atoms with Crippen LogP contribution in [0.4, 0.5) is 5.69 Å². The number of hydrogen-bond donors (Lipinski definition) is 0. The number of nitrogens with zero attached hydrogens (tertiary/aromatic N) is 4. The van der Waals surface area contributed by atoms with Crippen LogP contribution >= 0.6 is 11.6 Å². The van der Waals surface area contributed by atoms with Gasteiger partial charge in [0.05, 0.1) is 11.2 Å². The van der Waals surface area contributed by atoms with Gasteiger partial charge in [-0.25, -0.2) is 4.98 Å². The molecule has 0 atom stereocenters. The third-order valence-corrected chi connectivity index (χ3v) is 3.25.